The van der Waals surface area contributed by atoms with Crippen LogP contribution in [0, 0.1) is 19.7 Å². The van der Waals surface area contributed by atoms with Crippen molar-refractivity contribution in [2.75, 3.05) is 0 Å². The molecule has 0 aliphatic carbocycles. The van der Waals surface area contributed by atoms with Crippen molar-refractivity contribution >= 4 is 17.9 Å². The summed E-state index contributed by atoms with van der Waals surface area (Å²) in [6.07, 6.45) is 0.785. The highest BCUT2D eigenvalue weighted by molar-refractivity contribution is 6.33. The molecule has 0 spiro atoms. The van der Waals surface area contributed by atoms with Gasteiger partial charge in [0.05, 0.1) is 5.02 Å². The van der Waals surface area contributed by atoms with Crippen molar-refractivity contribution in [3.8, 4) is 11.1 Å². The minimum atomic E-state index is -0.326. The molecule has 0 fully saturated rings. The van der Waals surface area contributed by atoms with Crippen LogP contribution in [0.3, 0.4) is 0 Å². The van der Waals surface area contributed by atoms with E-state index in [0.717, 1.165) is 23.0 Å². The van der Waals surface area contributed by atoms with E-state index in [1.807, 2.05) is 13.0 Å². The average Bonchev–Trinajstić information content (AvgIpc) is 2.35. The summed E-state index contributed by atoms with van der Waals surface area (Å²) in [5, 5.41) is 0.351. The van der Waals surface area contributed by atoms with Crippen molar-refractivity contribution in [3.05, 3.63) is 57.9 Å². The van der Waals surface area contributed by atoms with Crippen molar-refractivity contribution in [1.29, 1.82) is 0 Å². The third kappa shape index (κ3) is 2.29. The van der Waals surface area contributed by atoms with Gasteiger partial charge >= 0.3 is 0 Å². The molecule has 92 valence electrons. The van der Waals surface area contributed by atoms with Crippen molar-refractivity contribution in [3.63, 3.8) is 0 Å². The predicted molar refractivity (Wildman–Crippen MR) is 71.7 cm³/mol. The van der Waals surface area contributed by atoms with Gasteiger partial charge in [0.1, 0.15) is 12.1 Å². The summed E-state index contributed by atoms with van der Waals surface area (Å²) < 4.78 is 13.4. The molecule has 0 aliphatic heterocycles. The van der Waals surface area contributed by atoms with Crippen molar-refractivity contribution in [2.45, 2.75) is 13.8 Å². The van der Waals surface area contributed by atoms with Crippen molar-refractivity contribution in [2.24, 2.45) is 0 Å². The van der Waals surface area contributed by atoms with E-state index in [1.165, 1.54) is 6.07 Å². The van der Waals surface area contributed by atoms with E-state index >= 15 is 0 Å². The van der Waals surface area contributed by atoms with Crippen LogP contribution in [0.5, 0.6) is 0 Å². The quantitative estimate of drug-likeness (QED) is 0.724. The molecule has 2 aromatic rings. The Hall–Kier alpha value is -1.67. The van der Waals surface area contributed by atoms with Gasteiger partial charge in [-0.3, -0.25) is 4.79 Å². The van der Waals surface area contributed by atoms with Crippen LogP contribution in [0.2, 0.25) is 5.02 Å². The number of carbonyl (C=O) groups excluding carboxylic acids is 1. The topological polar surface area (TPSA) is 17.1 Å². The molecule has 0 atom stereocenters. The summed E-state index contributed by atoms with van der Waals surface area (Å²) in [7, 11) is 0. The lowest BCUT2D eigenvalue weighted by molar-refractivity contribution is 0.112. The maximum Gasteiger partial charge on any atom is 0.150 e. The molecule has 1 nitrogen and oxygen atoms in total. The molecular weight excluding hydrogens is 251 g/mol. The van der Waals surface area contributed by atoms with Gasteiger partial charge in [0.15, 0.2) is 0 Å². The number of halogens is 2. The highest BCUT2D eigenvalue weighted by atomic mass is 35.5. The summed E-state index contributed by atoms with van der Waals surface area (Å²) in [6, 6.07) is 8.37. The Kier molecular flexibility index (Phi) is 3.48. The molecule has 0 saturated heterocycles. The lowest BCUT2D eigenvalue weighted by Crippen LogP contribution is -1.91. The minimum absolute atomic E-state index is 0.326. The van der Waals surface area contributed by atoms with Crippen LogP contribution in [-0.2, 0) is 0 Å². The van der Waals surface area contributed by atoms with Crippen LogP contribution < -0.4 is 0 Å². The Morgan fingerprint density at radius 1 is 1.06 bits per heavy atom. The molecule has 0 heterocycles. The molecule has 2 aromatic carbocycles. The average molecular weight is 263 g/mol. The first kappa shape index (κ1) is 12.8. The second-order valence-electron chi connectivity index (χ2n) is 4.27. The first-order valence-corrected chi connectivity index (χ1v) is 5.92. The highest BCUT2D eigenvalue weighted by Gasteiger charge is 2.10. The third-order valence-electron chi connectivity index (χ3n) is 2.94. The summed E-state index contributed by atoms with van der Waals surface area (Å²) in [6.45, 7) is 3.62. The highest BCUT2D eigenvalue weighted by Crippen LogP contribution is 2.32. The van der Waals surface area contributed by atoms with Gasteiger partial charge in [-0.25, -0.2) is 4.39 Å². The fourth-order valence-corrected chi connectivity index (χ4v) is 2.12. The van der Waals surface area contributed by atoms with E-state index in [-0.39, 0.29) is 5.82 Å². The van der Waals surface area contributed by atoms with Gasteiger partial charge in [-0.15, -0.1) is 0 Å². The number of carbonyl (C=O) groups is 1. The fraction of sp³-hybridized carbons (Fsp3) is 0.133. The summed E-state index contributed by atoms with van der Waals surface area (Å²) in [5.74, 6) is -0.326. The molecule has 0 amide bonds. The first-order chi connectivity index (χ1) is 8.52. The zero-order valence-corrected chi connectivity index (χ0v) is 10.9. The zero-order chi connectivity index (χ0) is 13.3. The third-order valence-corrected chi connectivity index (χ3v) is 3.25. The van der Waals surface area contributed by atoms with Gasteiger partial charge in [0.2, 0.25) is 0 Å². The monoisotopic (exact) mass is 262 g/mol. The second-order valence-corrected chi connectivity index (χ2v) is 4.68. The molecule has 2 rings (SSSR count). The largest absolute Gasteiger partial charge is 0.298 e. The van der Waals surface area contributed by atoms with Gasteiger partial charge in [0, 0.05) is 11.1 Å². The molecule has 3 heteroatoms. The van der Waals surface area contributed by atoms with Gasteiger partial charge in [-0.2, -0.15) is 0 Å². The molecule has 0 aromatic heterocycles. The van der Waals surface area contributed by atoms with Crippen LogP contribution in [0.15, 0.2) is 30.3 Å². The van der Waals surface area contributed by atoms with Crippen LogP contribution in [0.4, 0.5) is 4.39 Å². The number of benzene rings is 2. The summed E-state index contributed by atoms with van der Waals surface area (Å²) in [4.78, 5) is 10.8. The molecular formula is C15H12ClFO. The maximum atomic E-state index is 13.4. The van der Waals surface area contributed by atoms with Gasteiger partial charge in [0.25, 0.3) is 0 Å². The van der Waals surface area contributed by atoms with Crippen LogP contribution >= 0.6 is 11.6 Å². The van der Waals surface area contributed by atoms with E-state index < -0.39 is 0 Å². The Balaban J connectivity index is 2.68. The first-order valence-electron chi connectivity index (χ1n) is 5.55. The Labute approximate surface area is 110 Å². The zero-order valence-electron chi connectivity index (χ0n) is 10.1. The fourth-order valence-electron chi connectivity index (χ4n) is 1.87. The van der Waals surface area contributed by atoms with Crippen molar-refractivity contribution in [1.82, 2.24) is 0 Å². The van der Waals surface area contributed by atoms with Crippen molar-refractivity contribution < 1.29 is 9.18 Å². The molecule has 18 heavy (non-hydrogen) atoms. The maximum absolute atomic E-state index is 13.4. The predicted octanol–water partition coefficient (Wildman–Crippen LogP) is 4.58. The van der Waals surface area contributed by atoms with E-state index in [9.17, 15) is 9.18 Å². The Bertz CT molecular complexity index is 620. The Morgan fingerprint density at radius 3 is 2.44 bits per heavy atom. The van der Waals surface area contributed by atoms with E-state index in [4.69, 9.17) is 11.6 Å². The van der Waals surface area contributed by atoms with E-state index in [2.05, 4.69) is 0 Å². The minimum Gasteiger partial charge on any atom is -0.298 e. The molecule has 0 N–H and O–H groups in total. The molecule has 0 bridgehead atoms. The lowest BCUT2D eigenvalue weighted by atomic mass is 9.97. The second kappa shape index (κ2) is 4.91. The number of aryl methyl sites for hydroxylation is 2. The van der Waals surface area contributed by atoms with E-state index in [1.54, 1.807) is 25.1 Å². The standard InChI is InChI=1S/C15H12ClFO/c1-9-3-4-11(8-18)6-12(9)13-5-10(2)15(17)7-14(13)16/h3-8H,1-2H3. The lowest BCUT2D eigenvalue weighted by Gasteiger charge is -2.10. The smallest absolute Gasteiger partial charge is 0.150 e. The molecule has 0 unspecified atom stereocenters. The Morgan fingerprint density at radius 2 is 1.78 bits per heavy atom. The summed E-state index contributed by atoms with van der Waals surface area (Å²) in [5.41, 5.74) is 3.71. The number of aldehydes is 1. The van der Waals surface area contributed by atoms with E-state index in [0.29, 0.717) is 16.1 Å². The number of hydrogen-bond donors (Lipinski definition) is 0. The number of rotatable bonds is 2. The SMILES string of the molecule is Cc1cc(-c2cc(C=O)ccc2C)c(Cl)cc1F. The van der Waals surface area contributed by atoms with Crippen LogP contribution in [0.25, 0.3) is 11.1 Å². The number of hydrogen-bond acceptors (Lipinski definition) is 1. The molecule has 0 radical (unpaired) electrons. The van der Waals surface area contributed by atoms with Crippen LogP contribution in [-0.4, -0.2) is 6.29 Å². The summed E-state index contributed by atoms with van der Waals surface area (Å²) >= 11 is 6.08. The molecule has 0 saturated carbocycles. The normalized spacial score (nSPS) is 10.4. The van der Waals surface area contributed by atoms with Gasteiger partial charge in [-0.1, -0.05) is 23.7 Å². The van der Waals surface area contributed by atoms with Gasteiger partial charge < -0.3 is 0 Å². The van der Waals surface area contributed by atoms with Crippen LogP contribution in [0.1, 0.15) is 21.5 Å². The van der Waals surface area contributed by atoms with Gasteiger partial charge in [-0.05, 0) is 48.7 Å². The molecule has 0 aliphatic rings.